The number of allylic oxidation sites excluding steroid dienone is 1. The smallest absolute Gasteiger partial charge is 0.204 e. The first kappa shape index (κ1) is 15.6. The van der Waals surface area contributed by atoms with Crippen LogP contribution < -0.4 is 14.2 Å². The van der Waals surface area contributed by atoms with Gasteiger partial charge in [0.15, 0.2) is 0 Å². The van der Waals surface area contributed by atoms with Crippen LogP contribution in [0.2, 0.25) is 0 Å². The van der Waals surface area contributed by atoms with Gasteiger partial charge in [0.1, 0.15) is 22.9 Å². The summed E-state index contributed by atoms with van der Waals surface area (Å²) < 4.78 is 15.8. The molecule has 0 atom stereocenters. The summed E-state index contributed by atoms with van der Waals surface area (Å²) in [5, 5.41) is 0. The molecule has 0 saturated carbocycles. The summed E-state index contributed by atoms with van der Waals surface area (Å²) in [5.74, 6) is 1.53. The zero-order chi connectivity index (χ0) is 15.9. The Morgan fingerprint density at radius 3 is 2.23 bits per heavy atom. The van der Waals surface area contributed by atoms with E-state index >= 15 is 0 Å². The average Bonchev–Trinajstić information content (AvgIpc) is 2.59. The second kappa shape index (κ2) is 7.26. The first-order chi connectivity index (χ1) is 10.7. The number of rotatable bonds is 6. The van der Waals surface area contributed by atoms with Gasteiger partial charge in [0.2, 0.25) is 5.78 Å². The van der Waals surface area contributed by atoms with Crippen LogP contribution in [0.5, 0.6) is 17.2 Å². The number of carbonyl (C=O) groups is 1. The highest BCUT2D eigenvalue weighted by molar-refractivity contribution is 6.05. The number of ketones is 1. The standard InChI is InChI=1S/C17H17NO4/c1-20-12-10-16(21-2)13(17(11-12)22-3)7-8-15(19)14-6-4-5-9-18-14/h4-11H,1-3H3. The van der Waals surface area contributed by atoms with Gasteiger partial charge in [0, 0.05) is 18.3 Å². The van der Waals surface area contributed by atoms with Crippen molar-refractivity contribution in [2.75, 3.05) is 21.3 Å². The fourth-order valence-corrected chi connectivity index (χ4v) is 1.95. The van der Waals surface area contributed by atoms with Crippen LogP contribution in [0.3, 0.4) is 0 Å². The van der Waals surface area contributed by atoms with Crippen molar-refractivity contribution >= 4 is 11.9 Å². The lowest BCUT2D eigenvalue weighted by atomic mass is 10.1. The number of aromatic nitrogens is 1. The third-order valence-electron chi connectivity index (χ3n) is 3.07. The number of nitrogens with zero attached hydrogens (tertiary/aromatic N) is 1. The molecule has 0 aliphatic heterocycles. The van der Waals surface area contributed by atoms with E-state index in [2.05, 4.69) is 4.98 Å². The maximum atomic E-state index is 12.1. The molecular formula is C17H17NO4. The van der Waals surface area contributed by atoms with Crippen molar-refractivity contribution in [2.45, 2.75) is 0 Å². The van der Waals surface area contributed by atoms with Crippen molar-refractivity contribution in [3.05, 3.63) is 53.9 Å². The van der Waals surface area contributed by atoms with E-state index in [1.54, 1.807) is 63.9 Å². The normalized spacial score (nSPS) is 10.5. The van der Waals surface area contributed by atoms with Gasteiger partial charge in [0.25, 0.3) is 0 Å². The maximum absolute atomic E-state index is 12.1. The van der Waals surface area contributed by atoms with Crippen molar-refractivity contribution in [1.29, 1.82) is 0 Å². The van der Waals surface area contributed by atoms with E-state index in [0.29, 0.717) is 28.5 Å². The Morgan fingerprint density at radius 1 is 1.05 bits per heavy atom. The van der Waals surface area contributed by atoms with Crippen molar-refractivity contribution in [3.8, 4) is 17.2 Å². The van der Waals surface area contributed by atoms with E-state index in [1.165, 1.54) is 6.08 Å². The summed E-state index contributed by atoms with van der Waals surface area (Å²) in [7, 11) is 4.66. The number of pyridine rings is 1. The van der Waals surface area contributed by atoms with Crippen LogP contribution in [-0.2, 0) is 0 Å². The molecule has 0 amide bonds. The van der Waals surface area contributed by atoms with Gasteiger partial charge in [-0.2, -0.15) is 0 Å². The van der Waals surface area contributed by atoms with Gasteiger partial charge in [-0.3, -0.25) is 9.78 Å². The van der Waals surface area contributed by atoms with Gasteiger partial charge in [-0.15, -0.1) is 0 Å². The predicted molar refractivity (Wildman–Crippen MR) is 83.7 cm³/mol. The Bertz CT molecular complexity index is 655. The molecule has 1 aromatic carbocycles. The van der Waals surface area contributed by atoms with Crippen molar-refractivity contribution < 1.29 is 19.0 Å². The Kier molecular flexibility index (Phi) is 5.14. The molecule has 5 heteroatoms. The molecule has 0 spiro atoms. The average molecular weight is 299 g/mol. The Morgan fingerprint density at radius 2 is 1.73 bits per heavy atom. The molecule has 2 rings (SSSR count). The molecule has 0 radical (unpaired) electrons. The lowest BCUT2D eigenvalue weighted by Gasteiger charge is -2.12. The predicted octanol–water partition coefficient (Wildman–Crippen LogP) is 3.00. The lowest BCUT2D eigenvalue weighted by Crippen LogP contribution is -1.98. The van der Waals surface area contributed by atoms with Gasteiger partial charge >= 0.3 is 0 Å². The van der Waals surface area contributed by atoms with Gasteiger partial charge in [0.05, 0.1) is 26.9 Å². The van der Waals surface area contributed by atoms with Crippen LogP contribution in [0.25, 0.3) is 6.08 Å². The summed E-state index contributed by atoms with van der Waals surface area (Å²) in [5.41, 5.74) is 1.04. The molecule has 0 aliphatic rings. The van der Waals surface area contributed by atoms with Crippen LogP contribution in [0.15, 0.2) is 42.6 Å². The Labute approximate surface area is 129 Å². The zero-order valence-corrected chi connectivity index (χ0v) is 12.7. The van der Waals surface area contributed by atoms with Gasteiger partial charge < -0.3 is 14.2 Å². The second-order valence-electron chi connectivity index (χ2n) is 4.36. The van der Waals surface area contributed by atoms with Crippen LogP contribution >= 0.6 is 0 Å². The highest BCUT2D eigenvalue weighted by Crippen LogP contribution is 2.35. The second-order valence-corrected chi connectivity index (χ2v) is 4.36. The summed E-state index contributed by atoms with van der Waals surface area (Å²) in [6.45, 7) is 0. The van der Waals surface area contributed by atoms with Crippen LogP contribution in [0, 0.1) is 0 Å². The monoisotopic (exact) mass is 299 g/mol. The summed E-state index contributed by atoms with van der Waals surface area (Å²) in [4.78, 5) is 16.1. The number of benzene rings is 1. The molecule has 0 N–H and O–H groups in total. The third-order valence-corrected chi connectivity index (χ3v) is 3.07. The van der Waals surface area contributed by atoms with E-state index in [4.69, 9.17) is 14.2 Å². The van der Waals surface area contributed by atoms with Gasteiger partial charge in [-0.25, -0.2) is 0 Å². The minimum absolute atomic E-state index is 0.194. The summed E-state index contributed by atoms with van der Waals surface area (Å²) >= 11 is 0. The first-order valence-corrected chi connectivity index (χ1v) is 6.63. The lowest BCUT2D eigenvalue weighted by molar-refractivity contribution is 0.104. The number of methoxy groups -OCH3 is 3. The van der Waals surface area contributed by atoms with E-state index < -0.39 is 0 Å². The Hall–Kier alpha value is -2.82. The van der Waals surface area contributed by atoms with Gasteiger partial charge in [-0.1, -0.05) is 6.07 Å². The minimum Gasteiger partial charge on any atom is -0.496 e. The highest BCUT2D eigenvalue weighted by Gasteiger charge is 2.11. The molecule has 1 heterocycles. The van der Waals surface area contributed by atoms with E-state index in [-0.39, 0.29) is 5.78 Å². The number of hydrogen-bond donors (Lipinski definition) is 0. The van der Waals surface area contributed by atoms with Crippen molar-refractivity contribution in [2.24, 2.45) is 0 Å². The fourth-order valence-electron chi connectivity index (χ4n) is 1.95. The van der Waals surface area contributed by atoms with Crippen molar-refractivity contribution in [3.63, 3.8) is 0 Å². The number of ether oxygens (including phenoxy) is 3. The molecule has 114 valence electrons. The first-order valence-electron chi connectivity index (χ1n) is 6.63. The zero-order valence-electron chi connectivity index (χ0n) is 12.7. The fraction of sp³-hybridized carbons (Fsp3) is 0.176. The SMILES string of the molecule is COc1cc(OC)c(C=CC(=O)c2ccccn2)c(OC)c1. The van der Waals surface area contributed by atoms with Crippen molar-refractivity contribution in [1.82, 2.24) is 4.98 Å². The summed E-state index contributed by atoms with van der Waals surface area (Å²) in [6.07, 6.45) is 4.67. The maximum Gasteiger partial charge on any atom is 0.204 e. The highest BCUT2D eigenvalue weighted by atomic mass is 16.5. The van der Waals surface area contributed by atoms with Crippen LogP contribution in [0.4, 0.5) is 0 Å². The Balaban J connectivity index is 2.36. The number of carbonyl (C=O) groups excluding carboxylic acids is 1. The summed E-state index contributed by atoms with van der Waals surface area (Å²) in [6, 6.07) is 8.65. The van der Waals surface area contributed by atoms with Crippen LogP contribution in [-0.4, -0.2) is 32.1 Å². The molecule has 0 fully saturated rings. The molecule has 22 heavy (non-hydrogen) atoms. The minimum atomic E-state index is -0.194. The molecule has 2 aromatic rings. The molecule has 0 aliphatic carbocycles. The molecule has 5 nitrogen and oxygen atoms in total. The molecule has 1 aromatic heterocycles. The molecule has 0 unspecified atom stereocenters. The van der Waals surface area contributed by atoms with Crippen LogP contribution in [0.1, 0.15) is 16.1 Å². The molecule has 0 saturated heterocycles. The van der Waals surface area contributed by atoms with E-state index in [1.807, 2.05) is 0 Å². The topological polar surface area (TPSA) is 57.7 Å². The quantitative estimate of drug-likeness (QED) is 0.606. The van der Waals surface area contributed by atoms with E-state index in [0.717, 1.165) is 0 Å². The van der Waals surface area contributed by atoms with Gasteiger partial charge in [-0.05, 0) is 24.3 Å². The largest absolute Gasteiger partial charge is 0.496 e. The molecule has 0 bridgehead atoms. The number of hydrogen-bond acceptors (Lipinski definition) is 5. The van der Waals surface area contributed by atoms with E-state index in [9.17, 15) is 4.79 Å². The third kappa shape index (κ3) is 3.44. The molecular weight excluding hydrogens is 282 g/mol.